The fourth-order valence-electron chi connectivity index (χ4n) is 0. The monoisotopic (exact) mass is 368 g/mol. The third-order valence-electron chi connectivity index (χ3n) is 0. The molecule has 6 nitrogen and oxygen atoms in total. The van der Waals surface area contributed by atoms with Crippen molar-refractivity contribution in [1.29, 1.82) is 0 Å². The molecule has 11 heavy (non-hydrogen) atoms. The zero-order valence-corrected chi connectivity index (χ0v) is 16.9. The summed E-state index contributed by atoms with van der Waals surface area (Å²) >= 11 is 0.0278. The standard InChI is InChI=1S/2Al.Ba.2Ca.6O/q2*+3;;;;;;;3*-2. The predicted molar refractivity (Wildman–Crippen MR) is 32.9 cm³/mol. The number of hydrogen-bond acceptors (Lipinski definition) is 3. The molecule has 0 aromatic carbocycles. The van der Waals surface area contributed by atoms with E-state index >= 15 is 0 Å². The zero-order valence-electron chi connectivity index (χ0n) is 5.73. The summed E-state index contributed by atoms with van der Waals surface area (Å²) in [6, 6.07) is 0. The van der Waals surface area contributed by atoms with Crippen LogP contribution in [0.25, 0.3) is 0 Å². The molecule has 0 N–H and O–H groups in total. The molecule has 11 heteroatoms. The quantitative estimate of drug-likeness (QED) is 0.433. The van der Waals surface area contributed by atoms with Gasteiger partial charge in [0.15, 0.2) is 0 Å². The first-order chi connectivity index (χ1) is 3.00. The Labute approximate surface area is 167 Å². The van der Waals surface area contributed by atoms with E-state index in [4.69, 9.17) is 2.91 Å². The molecule has 0 rings (SSSR count). The third-order valence-corrected chi connectivity index (χ3v) is 0. The number of hydrogen-bond donors (Lipinski definition) is 0. The summed E-state index contributed by atoms with van der Waals surface area (Å²) in [7, 11) is 0. The van der Waals surface area contributed by atoms with E-state index in [1.807, 2.05) is 0 Å². The van der Waals surface area contributed by atoms with Gasteiger partial charge in [0.25, 0.3) is 0 Å². The molecular weight excluding hydrogens is 367 g/mol. The van der Waals surface area contributed by atoms with Gasteiger partial charge in [-0.2, -0.15) is 0 Å². The van der Waals surface area contributed by atoms with Crippen molar-refractivity contribution >= 4 is 153 Å². The van der Waals surface area contributed by atoms with Crippen molar-refractivity contribution in [2.45, 2.75) is 0 Å². The van der Waals surface area contributed by atoms with E-state index in [0.717, 1.165) is 0 Å². The Balaban J connectivity index is -0.00000000167. The molecule has 0 aliphatic carbocycles. The Bertz CT molecular complexity index is 23.3. The van der Waals surface area contributed by atoms with Crippen LogP contribution < -0.4 is 0 Å². The van der Waals surface area contributed by atoms with Gasteiger partial charge in [0.1, 0.15) is 0 Å². The first-order valence-corrected chi connectivity index (χ1v) is 4.48. The maximum atomic E-state index is 8.44. The molecular formula is Al2BaCa2O6. The Hall–Kier alpha value is 4.44. The second-order valence-electron chi connectivity index (χ2n) is 0. The van der Waals surface area contributed by atoms with Gasteiger partial charge >= 0.3 is 156 Å². The summed E-state index contributed by atoms with van der Waals surface area (Å²) in [6.07, 6.45) is 0. The van der Waals surface area contributed by atoms with Crippen LogP contribution >= 0.6 is 0 Å². The molecule has 0 fully saturated rings. The van der Waals surface area contributed by atoms with E-state index in [0.29, 0.717) is 0 Å². The van der Waals surface area contributed by atoms with Crippen molar-refractivity contribution < 1.29 is 19.3 Å². The normalized spacial score (nSPS) is 1.64. The van der Waals surface area contributed by atoms with Gasteiger partial charge < -0.3 is 16.4 Å². The molecule has 48 valence electrons. The molecule has 0 amide bonds. The summed E-state index contributed by atoms with van der Waals surface area (Å²) in [6.45, 7) is 0. The SMILES string of the molecule is [Al+3].[Al+3].[O-2].[O-2].[O-2].[O]=[Ba].[O]=[Ca].[O]=[Ca]. The minimum atomic E-state index is -0.222. The van der Waals surface area contributed by atoms with Gasteiger partial charge in [-0.1, -0.05) is 0 Å². The molecule has 0 saturated heterocycles. The molecule has 0 unspecified atom stereocenters. The third kappa shape index (κ3) is 113. The van der Waals surface area contributed by atoms with Crippen LogP contribution in [0.4, 0.5) is 0 Å². The van der Waals surface area contributed by atoms with Crippen molar-refractivity contribution in [1.82, 2.24) is 0 Å². The van der Waals surface area contributed by atoms with Crippen molar-refractivity contribution in [3.05, 3.63) is 0 Å². The van der Waals surface area contributed by atoms with Crippen molar-refractivity contribution in [2.75, 3.05) is 0 Å². The topological polar surface area (TPSA) is 137 Å². The molecule has 0 aliphatic heterocycles. The van der Waals surface area contributed by atoms with Crippen molar-refractivity contribution in [3.8, 4) is 0 Å². The second kappa shape index (κ2) is 132. The van der Waals surface area contributed by atoms with Gasteiger partial charge in [0.05, 0.1) is 0 Å². The Morgan fingerprint density at radius 1 is 0.636 bits per heavy atom. The van der Waals surface area contributed by atoms with E-state index in [1.165, 1.54) is 0 Å². The minimum absolute atomic E-state index is 0. The second-order valence-corrected chi connectivity index (χ2v) is 0. The van der Waals surface area contributed by atoms with Crippen molar-refractivity contribution in [3.63, 3.8) is 0 Å². The van der Waals surface area contributed by atoms with Gasteiger partial charge in [-0.05, 0) is 0 Å². The average molecular weight is 367 g/mol. The number of rotatable bonds is 0. The van der Waals surface area contributed by atoms with Gasteiger partial charge in [-0.15, -0.1) is 0 Å². The van der Waals surface area contributed by atoms with Crippen LogP contribution in [0.3, 0.4) is 0 Å². The summed E-state index contributed by atoms with van der Waals surface area (Å²) in [4.78, 5) is 0. The average Bonchev–Trinajstić information content (AvgIpc) is 1.81. The first-order valence-electron chi connectivity index (χ1n) is 0.866. The molecule has 0 spiro atoms. The van der Waals surface area contributed by atoms with Crippen LogP contribution in [0.15, 0.2) is 0 Å². The van der Waals surface area contributed by atoms with E-state index in [2.05, 4.69) is 0 Å². The fourth-order valence-corrected chi connectivity index (χ4v) is 0. The first kappa shape index (κ1) is 58.2. The molecule has 0 bridgehead atoms. The van der Waals surface area contributed by atoms with E-state index in [-0.39, 0.29) is 170 Å². The molecule has 0 aliphatic rings. The van der Waals surface area contributed by atoms with E-state index in [1.54, 1.807) is 0 Å². The Kier molecular flexibility index (Phi) is 700. The van der Waals surface area contributed by atoms with Gasteiger partial charge in [0.2, 0.25) is 0 Å². The fraction of sp³-hybridized carbons (Fsp3) is 0. The Morgan fingerprint density at radius 3 is 0.636 bits per heavy atom. The maximum absolute atomic E-state index is 8.44. The van der Waals surface area contributed by atoms with Crippen LogP contribution in [0.1, 0.15) is 0 Å². The molecule has 0 atom stereocenters. The van der Waals surface area contributed by atoms with Crippen molar-refractivity contribution in [2.24, 2.45) is 0 Å². The van der Waals surface area contributed by atoms with Gasteiger partial charge in [0, 0.05) is 0 Å². The Morgan fingerprint density at radius 2 is 0.636 bits per heavy atom. The van der Waals surface area contributed by atoms with Crippen LogP contribution in [-0.2, 0) is 19.3 Å². The van der Waals surface area contributed by atoms with Crippen LogP contribution in [0.5, 0.6) is 0 Å². The molecule has 0 aromatic heterocycles. The summed E-state index contributed by atoms with van der Waals surface area (Å²) in [5.74, 6) is 0. The summed E-state index contributed by atoms with van der Waals surface area (Å²) in [5, 5.41) is 0. The van der Waals surface area contributed by atoms with Gasteiger partial charge in [-0.25, -0.2) is 0 Å². The zero-order chi connectivity index (χ0) is 6.00. The van der Waals surface area contributed by atoms with Crippen LogP contribution in [0, 0.1) is 0 Å². The van der Waals surface area contributed by atoms with Crippen LogP contribution in [0.2, 0.25) is 0 Å². The van der Waals surface area contributed by atoms with Gasteiger partial charge in [-0.3, -0.25) is 0 Å². The predicted octanol–water partition coefficient (Wildman–Crippen LogP) is -2.62. The molecule has 0 heterocycles. The van der Waals surface area contributed by atoms with E-state index < -0.39 is 0 Å². The molecule has 0 radical (unpaired) electrons. The summed E-state index contributed by atoms with van der Waals surface area (Å²) < 4.78 is 25.2. The van der Waals surface area contributed by atoms with E-state index in [9.17, 15) is 0 Å². The summed E-state index contributed by atoms with van der Waals surface area (Å²) in [5.41, 5.74) is 0. The molecule has 0 aromatic rings. The van der Waals surface area contributed by atoms with Crippen LogP contribution in [-0.4, -0.2) is 153 Å². The molecule has 0 saturated carbocycles.